The second-order valence-electron chi connectivity index (χ2n) is 6.40. The van der Waals surface area contributed by atoms with Gasteiger partial charge in [0.2, 0.25) is 0 Å². The summed E-state index contributed by atoms with van der Waals surface area (Å²) in [6, 6.07) is 0. The summed E-state index contributed by atoms with van der Waals surface area (Å²) in [7, 11) is 0. The molecule has 0 aromatic carbocycles. The van der Waals surface area contributed by atoms with Crippen LogP contribution in [0.15, 0.2) is 0 Å². The van der Waals surface area contributed by atoms with Crippen molar-refractivity contribution in [2.45, 2.75) is 65.9 Å². The number of ether oxygens (including phenoxy) is 2. The van der Waals surface area contributed by atoms with E-state index in [1.807, 2.05) is 13.8 Å². The Kier molecular flexibility index (Phi) is 7.03. The Bertz CT molecular complexity index is 322. The normalized spacial score (nSPS) is 22.9. The standard InChI is InChI=1S/C16H28O4/c1-11(2)8-9-19-15(17)13-6-5-7-14(10-13)16(18)20-12(3)4/h11-14H,5-10H2,1-4H3. The Hall–Kier alpha value is -1.06. The van der Waals surface area contributed by atoms with Crippen LogP contribution in [0.25, 0.3) is 0 Å². The third-order valence-electron chi connectivity index (χ3n) is 3.63. The largest absolute Gasteiger partial charge is 0.465 e. The van der Waals surface area contributed by atoms with Crippen LogP contribution in [0.1, 0.15) is 59.8 Å². The molecule has 0 amide bonds. The second-order valence-corrected chi connectivity index (χ2v) is 6.40. The highest BCUT2D eigenvalue weighted by molar-refractivity contribution is 5.76. The van der Waals surface area contributed by atoms with Gasteiger partial charge in [-0.05, 0) is 45.4 Å². The molecule has 4 nitrogen and oxygen atoms in total. The lowest BCUT2D eigenvalue weighted by atomic mass is 9.81. The van der Waals surface area contributed by atoms with Crippen molar-refractivity contribution in [3.05, 3.63) is 0 Å². The summed E-state index contributed by atoms with van der Waals surface area (Å²) in [4.78, 5) is 23.9. The number of hydrogen-bond acceptors (Lipinski definition) is 4. The van der Waals surface area contributed by atoms with Crippen molar-refractivity contribution in [3.63, 3.8) is 0 Å². The van der Waals surface area contributed by atoms with Crippen LogP contribution in [-0.2, 0) is 19.1 Å². The summed E-state index contributed by atoms with van der Waals surface area (Å²) < 4.78 is 10.5. The fraction of sp³-hybridized carbons (Fsp3) is 0.875. The lowest BCUT2D eigenvalue weighted by molar-refractivity contribution is -0.157. The van der Waals surface area contributed by atoms with Gasteiger partial charge in [-0.15, -0.1) is 0 Å². The van der Waals surface area contributed by atoms with E-state index in [4.69, 9.17) is 9.47 Å². The lowest BCUT2D eigenvalue weighted by Crippen LogP contribution is -2.31. The van der Waals surface area contributed by atoms with Crippen molar-refractivity contribution in [1.82, 2.24) is 0 Å². The van der Waals surface area contributed by atoms with Gasteiger partial charge in [0, 0.05) is 0 Å². The minimum Gasteiger partial charge on any atom is -0.465 e. The highest BCUT2D eigenvalue weighted by Crippen LogP contribution is 2.31. The summed E-state index contributed by atoms with van der Waals surface area (Å²) in [5.41, 5.74) is 0. The molecule has 116 valence electrons. The molecule has 1 rings (SSSR count). The Morgan fingerprint density at radius 2 is 1.65 bits per heavy atom. The van der Waals surface area contributed by atoms with Crippen molar-refractivity contribution in [1.29, 1.82) is 0 Å². The highest BCUT2D eigenvalue weighted by atomic mass is 16.5. The van der Waals surface area contributed by atoms with Gasteiger partial charge in [-0.1, -0.05) is 20.3 Å². The molecular formula is C16H28O4. The average molecular weight is 284 g/mol. The fourth-order valence-electron chi connectivity index (χ4n) is 2.46. The quantitative estimate of drug-likeness (QED) is 0.702. The maximum Gasteiger partial charge on any atom is 0.309 e. The van der Waals surface area contributed by atoms with E-state index in [-0.39, 0.29) is 29.9 Å². The second kappa shape index (κ2) is 8.28. The minimum atomic E-state index is -0.167. The molecule has 1 aliphatic rings. The van der Waals surface area contributed by atoms with Crippen LogP contribution in [0.5, 0.6) is 0 Å². The maximum atomic E-state index is 12.0. The van der Waals surface area contributed by atoms with Crippen LogP contribution in [0.3, 0.4) is 0 Å². The third kappa shape index (κ3) is 5.93. The van der Waals surface area contributed by atoms with Crippen LogP contribution in [0.2, 0.25) is 0 Å². The SMILES string of the molecule is CC(C)CCOC(=O)C1CCCC(C(=O)OC(C)C)C1. The number of carbonyl (C=O) groups excluding carboxylic acids is 2. The molecule has 0 N–H and O–H groups in total. The van der Waals surface area contributed by atoms with Crippen molar-refractivity contribution in [2.24, 2.45) is 17.8 Å². The van der Waals surface area contributed by atoms with E-state index >= 15 is 0 Å². The summed E-state index contributed by atoms with van der Waals surface area (Å²) in [5.74, 6) is -0.0651. The highest BCUT2D eigenvalue weighted by Gasteiger charge is 2.33. The van der Waals surface area contributed by atoms with Crippen LogP contribution in [0.4, 0.5) is 0 Å². The molecule has 1 aliphatic carbocycles. The first kappa shape index (κ1) is 17.0. The van der Waals surface area contributed by atoms with Gasteiger partial charge in [0.25, 0.3) is 0 Å². The van der Waals surface area contributed by atoms with Crippen molar-refractivity contribution in [2.75, 3.05) is 6.61 Å². The van der Waals surface area contributed by atoms with Crippen LogP contribution < -0.4 is 0 Å². The molecule has 0 bridgehead atoms. The fourth-order valence-corrected chi connectivity index (χ4v) is 2.46. The Morgan fingerprint density at radius 3 is 2.20 bits per heavy atom. The zero-order chi connectivity index (χ0) is 15.1. The number of carbonyl (C=O) groups is 2. The predicted octanol–water partition coefficient (Wildman–Crippen LogP) is 3.33. The zero-order valence-electron chi connectivity index (χ0n) is 13.2. The molecule has 1 fully saturated rings. The first-order chi connectivity index (χ1) is 9.40. The van der Waals surface area contributed by atoms with Crippen LogP contribution in [-0.4, -0.2) is 24.6 Å². The molecular weight excluding hydrogens is 256 g/mol. The first-order valence-electron chi connectivity index (χ1n) is 7.77. The van der Waals surface area contributed by atoms with Crippen LogP contribution >= 0.6 is 0 Å². The van der Waals surface area contributed by atoms with Gasteiger partial charge in [-0.2, -0.15) is 0 Å². The molecule has 0 aromatic rings. The topological polar surface area (TPSA) is 52.6 Å². The summed E-state index contributed by atoms with van der Waals surface area (Å²) >= 11 is 0. The Labute approximate surface area is 122 Å². The van der Waals surface area contributed by atoms with Crippen molar-refractivity contribution < 1.29 is 19.1 Å². The molecule has 0 aliphatic heterocycles. The monoisotopic (exact) mass is 284 g/mol. The van der Waals surface area contributed by atoms with Crippen molar-refractivity contribution >= 4 is 11.9 Å². The summed E-state index contributed by atoms with van der Waals surface area (Å²) in [6.45, 7) is 8.38. The Morgan fingerprint density at radius 1 is 1.05 bits per heavy atom. The van der Waals surface area contributed by atoms with E-state index in [1.165, 1.54) is 0 Å². The van der Waals surface area contributed by atoms with Gasteiger partial charge >= 0.3 is 11.9 Å². The zero-order valence-corrected chi connectivity index (χ0v) is 13.2. The van der Waals surface area contributed by atoms with E-state index in [1.54, 1.807) is 0 Å². The molecule has 20 heavy (non-hydrogen) atoms. The molecule has 0 radical (unpaired) electrons. The van der Waals surface area contributed by atoms with E-state index in [0.29, 0.717) is 18.9 Å². The predicted molar refractivity (Wildman–Crippen MR) is 77.1 cm³/mol. The van der Waals surface area contributed by atoms with E-state index < -0.39 is 0 Å². The van der Waals surface area contributed by atoms with Crippen molar-refractivity contribution in [3.8, 4) is 0 Å². The smallest absolute Gasteiger partial charge is 0.309 e. The van der Waals surface area contributed by atoms with E-state index in [2.05, 4.69) is 13.8 Å². The van der Waals surface area contributed by atoms with Gasteiger partial charge in [-0.25, -0.2) is 0 Å². The molecule has 4 heteroatoms. The van der Waals surface area contributed by atoms with Gasteiger partial charge in [-0.3, -0.25) is 9.59 Å². The van der Waals surface area contributed by atoms with E-state index in [9.17, 15) is 9.59 Å². The average Bonchev–Trinajstić information content (AvgIpc) is 2.37. The Balaban J connectivity index is 2.39. The minimum absolute atomic E-state index is 0.0964. The van der Waals surface area contributed by atoms with Gasteiger partial charge in [0.15, 0.2) is 0 Å². The molecule has 2 atom stereocenters. The lowest BCUT2D eigenvalue weighted by Gasteiger charge is -2.27. The molecule has 2 unspecified atom stereocenters. The summed E-state index contributed by atoms with van der Waals surface area (Å²) in [5, 5.41) is 0. The first-order valence-corrected chi connectivity index (χ1v) is 7.77. The number of esters is 2. The maximum absolute atomic E-state index is 12.0. The van der Waals surface area contributed by atoms with E-state index in [0.717, 1.165) is 25.7 Å². The molecule has 0 spiro atoms. The van der Waals surface area contributed by atoms with Gasteiger partial charge < -0.3 is 9.47 Å². The van der Waals surface area contributed by atoms with Gasteiger partial charge in [0.05, 0.1) is 24.5 Å². The van der Waals surface area contributed by atoms with Gasteiger partial charge in [0.1, 0.15) is 0 Å². The number of hydrogen-bond donors (Lipinski definition) is 0. The third-order valence-corrected chi connectivity index (χ3v) is 3.63. The molecule has 0 aromatic heterocycles. The summed E-state index contributed by atoms with van der Waals surface area (Å²) in [6.07, 6.45) is 3.90. The number of rotatable bonds is 6. The molecule has 1 saturated carbocycles. The molecule has 0 heterocycles. The van der Waals surface area contributed by atoms with Crippen LogP contribution in [0, 0.1) is 17.8 Å². The molecule has 0 saturated heterocycles.